The molecule has 3 N–H and O–H groups in total. The summed E-state index contributed by atoms with van der Waals surface area (Å²) in [4.78, 5) is 31.3. The molecule has 0 bridgehead atoms. The first-order valence-corrected chi connectivity index (χ1v) is 13.4. The summed E-state index contributed by atoms with van der Waals surface area (Å²) in [5.74, 6) is -0.0137. The summed E-state index contributed by atoms with van der Waals surface area (Å²) in [5, 5.41) is 5.01. The lowest BCUT2D eigenvalue weighted by Crippen LogP contribution is -2.53. The molecule has 0 radical (unpaired) electrons. The highest BCUT2D eigenvalue weighted by Crippen LogP contribution is 2.31. The van der Waals surface area contributed by atoms with Crippen molar-refractivity contribution < 1.29 is 31.2 Å². The zero-order chi connectivity index (χ0) is 27.5. The molecule has 2 heterocycles. The van der Waals surface area contributed by atoms with E-state index < -0.39 is 33.8 Å². The third-order valence-electron chi connectivity index (χ3n) is 5.77. The summed E-state index contributed by atoms with van der Waals surface area (Å²) < 4.78 is 64.0. The van der Waals surface area contributed by atoms with Crippen LogP contribution >= 0.6 is 0 Å². The minimum Gasteiger partial charge on any atom is -0.326 e. The Morgan fingerprint density at radius 3 is 2.39 bits per heavy atom. The molecule has 4 rings (SSSR count). The smallest absolute Gasteiger partial charge is 0.326 e. The van der Waals surface area contributed by atoms with Gasteiger partial charge in [0.05, 0.1) is 17.5 Å². The first kappa shape index (κ1) is 26.9. The molecule has 1 atom stereocenters. The Labute approximate surface area is 217 Å². The zero-order valence-corrected chi connectivity index (χ0v) is 20.9. The quantitative estimate of drug-likeness (QED) is 0.421. The number of alkyl halides is 3. The van der Waals surface area contributed by atoms with Crippen molar-refractivity contribution in [3.63, 3.8) is 0 Å². The molecule has 1 aliphatic rings. The fourth-order valence-corrected chi connectivity index (χ4v) is 4.61. The molecule has 1 aromatic heterocycles. The lowest BCUT2D eigenvalue weighted by molar-refractivity contribution is -0.137. The Balaban J connectivity index is 1.42. The molecule has 3 amide bonds. The molecular weight excluding hydrogens is 523 g/mol. The number of aromatic nitrogens is 1. The van der Waals surface area contributed by atoms with E-state index in [2.05, 4.69) is 20.3 Å². The number of halogens is 3. The maximum absolute atomic E-state index is 13.1. The molecule has 0 unspecified atom stereocenters. The third-order valence-corrected chi connectivity index (χ3v) is 6.36. The van der Waals surface area contributed by atoms with Crippen molar-refractivity contribution in [2.75, 3.05) is 27.7 Å². The molecule has 3 aromatic rings. The number of hydrogen-bond donors (Lipinski definition) is 3. The Kier molecular flexibility index (Phi) is 7.58. The maximum atomic E-state index is 13.1. The molecule has 200 valence electrons. The molecule has 13 heteroatoms. The predicted molar refractivity (Wildman–Crippen MR) is 137 cm³/mol. The van der Waals surface area contributed by atoms with Crippen LogP contribution in [0.4, 0.5) is 35.2 Å². The number of pyridine rings is 1. The van der Waals surface area contributed by atoms with Crippen molar-refractivity contribution in [2.24, 2.45) is 0 Å². The summed E-state index contributed by atoms with van der Waals surface area (Å²) >= 11 is 0. The van der Waals surface area contributed by atoms with Gasteiger partial charge in [-0.05, 0) is 55.3 Å². The molecular formula is C25H24F3N5O4S. The van der Waals surface area contributed by atoms with E-state index in [1.165, 1.54) is 11.1 Å². The van der Waals surface area contributed by atoms with Crippen molar-refractivity contribution in [3.05, 3.63) is 72.4 Å². The highest BCUT2D eigenvalue weighted by molar-refractivity contribution is 7.92. The number of sulfonamides is 1. The molecule has 0 aliphatic carbocycles. The second-order valence-corrected chi connectivity index (χ2v) is 10.4. The van der Waals surface area contributed by atoms with Crippen LogP contribution < -0.4 is 20.3 Å². The summed E-state index contributed by atoms with van der Waals surface area (Å²) in [6, 6.07) is 12.6. The van der Waals surface area contributed by atoms with Gasteiger partial charge in [-0.3, -0.25) is 14.4 Å². The largest absolute Gasteiger partial charge is 0.416 e. The van der Waals surface area contributed by atoms with E-state index in [0.29, 0.717) is 42.0 Å². The van der Waals surface area contributed by atoms with Gasteiger partial charge in [0.2, 0.25) is 10.0 Å². The summed E-state index contributed by atoms with van der Waals surface area (Å²) in [6.07, 6.45) is -0.928. The Morgan fingerprint density at radius 1 is 1.05 bits per heavy atom. The predicted octanol–water partition coefficient (Wildman–Crippen LogP) is 4.46. The van der Waals surface area contributed by atoms with Crippen LogP contribution in [0.3, 0.4) is 0 Å². The van der Waals surface area contributed by atoms with E-state index in [-0.39, 0.29) is 11.6 Å². The maximum Gasteiger partial charge on any atom is 0.416 e. The molecule has 0 saturated carbocycles. The van der Waals surface area contributed by atoms with E-state index in [4.69, 9.17) is 0 Å². The summed E-state index contributed by atoms with van der Waals surface area (Å²) in [5.41, 5.74) is 0.952. The number of benzene rings is 2. The lowest BCUT2D eigenvalue weighted by Gasteiger charge is -2.32. The number of nitrogens with zero attached hydrogens (tertiary/aromatic N) is 2. The van der Waals surface area contributed by atoms with Gasteiger partial charge in [0.1, 0.15) is 11.9 Å². The summed E-state index contributed by atoms with van der Waals surface area (Å²) in [6.45, 7) is 0.385. The standard InChI is InChI=1S/C25H24F3N5O4S/c1-38(36,37)32-20-6-3-2-5-19(20)16-8-13-22(29-15-16)33-14-4-7-21(23(33)34)31-24(35)30-18-11-9-17(10-12-18)25(26,27)28/h2-3,5-6,8-13,15,21,32H,4,7,14H2,1H3,(H2,30,31,35)/t21-/m1/s1. The molecule has 1 saturated heterocycles. The molecule has 1 fully saturated rings. The first-order chi connectivity index (χ1) is 17.9. The third kappa shape index (κ3) is 6.59. The van der Waals surface area contributed by atoms with Gasteiger partial charge in [0.15, 0.2) is 0 Å². The monoisotopic (exact) mass is 547 g/mol. The van der Waals surface area contributed by atoms with E-state index in [1.807, 2.05) is 0 Å². The fourth-order valence-electron chi connectivity index (χ4n) is 4.03. The van der Waals surface area contributed by atoms with Crippen LogP contribution in [0.25, 0.3) is 11.1 Å². The number of urea groups is 1. The number of piperidine rings is 1. The molecule has 38 heavy (non-hydrogen) atoms. The second-order valence-electron chi connectivity index (χ2n) is 8.68. The Bertz CT molecular complexity index is 1430. The van der Waals surface area contributed by atoms with E-state index in [1.54, 1.807) is 36.4 Å². The Morgan fingerprint density at radius 2 is 1.76 bits per heavy atom. The number of rotatable bonds is 6. The van der Waals surface area contributed by atoms with Crippen molar-refractivity contribution in [1.82, 2.24) is 10.3 Å². The molecule has 0 spiro atoms. The van der Waals surface area contributed by atoms with Crippen molar-refractivity contribution in [3.8, 4) is 11.1 Å². The van der Waals surface area contributed by atoms with Crippen LogP contribution in [-0.4, -0.2) is 44.2 Å². The van der Waals surface area contributed by atoms with E-state index >= 15 is 0 Å². The van der Waals surface area contributed by atoms with Crippen LogP contribution in [-0.2, 0) is 21.0 Å². The topological polar surface area (TPSA) is 121 Å². The summed E-state index contributed by atoms with van der Waals surface area (Å²) in [7, 11) is -3.49. The first-order valence-electron chi connectivity index (χ1n) is 11.5. The minimum absolute atomic E-state index is 0.151. The normalized spacial score (nSPS) is 16.2. The van der Waals surface area contributed by atoms with Gasteiger partial charge in [-0.2, -0.15) is 13.2 Å². The number of hydrogen-bond acceptors (Lipinski definition) is 5. The number of amides is 3. The highest BCUT2D eigenvalue weighted by Gasteiger charge is 2.32. The number of anilines is 3. The average molecular weight is 548 g/mol. The van der Waals surface area contributed by atoms with Crippen molar-refractivity contribution >= 4 is 39.2 Å². The SMILES string of the molecule is CS(=O)(=O)Nc1ccccc1-c1ccc(N2CCC[C@@H](NC(=O)Nc3ccc(C(F)(F)F)cc3)C2=O)nc1. The van der Waals surface area contributed by atoms with Crippen LogP contribution in [0, 0.1) is 0 Å². The van der Waals surface area contributed by atoms with Crippen LogP contribution in [0.15, 0.2) is 66.9 Å². The van der Waals surface area contributed by atoms with Crippen LogP contribution in [0.2, 0.25) is 0 Å². The fraction of sp³-hybridized carbons (Fsp3) is 0.240. The van der Waals surface area contributed by atoms with E-state index in [9.17, 15) is 31.2 Å². The average Bonchev–Trinajstić information content (AvgIpc) is 2.85. The molecule has 1 aliphatic heterocycles. The Hall–Kier alpha value is -4.13. The van der Waals surface area contributed by atoms with Gasteiger partial charge in [0, 0.05) is 29.6 Å². The van der Waals surface area contributed by atoms with Gasteiger partial charge in [0.25, 0.3) is 5.91 Å². The van der Waals surface area contributed by atoms with Crippen molar-refractivity contribution in [2.45, 2.75) is 25.1 Å². The minimum atomic E-state index is -4.48. The second kappa shape index (κ2) is 10.7. The van der Waals surface area contributed by atoms with Crippen molar-refractivity contribution in [1.29, 1.82) is 0 Å². The zero-order valence-electron chi connectivity index (χ0n) is 20.1. The number of para-hydroxylation sites is 1. The number of nitrogens with one attached hydrogen (secondary N) is 3. The van der Waals surface area contributed by atoms with Gasteiger partial charge in [-0.25, -0.2) is 18.2 Å². The number of carbonyl (C=O) groups is 2. The number of carbonyl (C=O) groups excluding carboxylic acids is 2. The van der Waals surface area contributed by atoms with Gasteiger partial charge in [-0.1, -0.05) is 18.2 Å². The molecule has 9 nitrogen and oxygen atoms in total. The van der Waals surface area contributed by atoms with Crippen LogP contribution in [0.5, 0.6) is 0 Å². The molecule has 2 aromatic carbocycles. The highest BCUT2D eigenvalue weighted by atomic mass is 32.2. The van der Waals surface area contributed by atoms with E-state index in [0.717, 1.165) is 30.5 Å². The van der Waals surface area contributed by atoms with Gasteiger partial charge >= 0.3 is 12.2 Å². The van der Waals surface area contributed by atoms with Crippen LogP contribution in [0.1, 0.15) is 18.4 Å². The lowest BCUT2D eigenvalue weighted by atomic mass is 10.0. The van der Waals surface area contributed by atoms with Gasteiger partial charge in [-0.15, -0.1) is 0 Å². The van der Waals surface area contributed by atoms with Gasteiger partial charge < -0.3 is 10.6 Å².